The fraction of sp³-hybridized carbons (Fsp3) is 0.412. The standard InChI is InChI=1S/C17H22N2OS.ClH/c1-14-5-2-3-6-15(14)19-10-8-18(9-11-19)13-16(20)17-7-4-12-21-17;/h2-7,12,16,20H,8-11,13H2,1H3;1H. The first-order valence-corrected chi connectivity index (χ1v) is 8.36. The van der Waals surface area contributed by atoms with Crippen LogP contribution in [0.15, 0.2) is 41.8 Å². The van der Waals surface area contributed by atoms with E-state index in [0.717, 1.165) is 37.6 Å². The maximum atomic E-state index is 10.2. The van der Waals surface area contributed by atoms with Crippen molar-refractivity contribution in [1.82, 2.24) is 4.90 Å². The average molecular weight is 339 g/mol. The Morgan fingerprint density at radius 1 is 1.09 bits per heavy atom. The first kappa shape index (κ1) is 17.3. The fourth-order valence-corrected chi connectivity index (χ4v) is 3.61. The highest BCUT2D eigenvalue weighted by Crippen LogP contribution is 2.23. The van der Waals surface area contributed by atoms with Crippen LogP contribution in [-0.2, 0) is 0 Å². The van der Waals surface area contributed by atoms with Gasteiger partial charge in [-0.1, -0.05) is 24.3 Å². The van der Waals surface area contributed by atoms with Gasteiger partial charge in [0, 0.05) is 43.3 Å². The molecule has 1 N–H and O–H groups in total. The van der Waals surface area contributed by atoms with E-state index in [1.54, 1.807) is 11.3 Å². The number of rotatable bonds is 4. The number of benzene rings is 1. The van der Waals surface area contributed by atoms with Gasteiger partial charge in [-0.3, -0.25) is 4.90 Å². The summed E-state index contributed by atoms with van der Waals surface area (Å²) in [5.41, 5.74) is 2.68. The van der Waals surface area contributed by atoms with Crippen molar-refractivity contribution in [1.29, 1.82) is 0 Å². The topological polar surface area (TPSA) is 26.7 Å². The second kappa shape index (κ2) is 7.97. The maximum Gasteiger partial charge on any atom is 0.101 e. The number of piperazine rings is 1. The Labute approximate surface area is 142 Å². The van der Waals surface area contributed by atoms with Crippen molar-refractivity contribution in [3.8, 4) is 0 Å². The number of aliphatic hydroxyl groups is 1. The van der Waals surface area contributed by atoms with Gasteiger partial charge in [-0.25, -0.2) is 0 Å². The zero-order chi connectivity index (χ0) is 14.7. The first-order chi connectivity index (χ1) is 10.2. The molecule has 2 heterocycles. The summed E-state index contributed by atoms with van der Waals surface area (Å²) < 4.78 is 0. The minimum absolute atomic E-state index is 0. The van der Waals surface area contributed by atoms with E-state index in [1.165, 1.54) is 11.3 Å². The van der Waals surface area contributed by atoms with E-state index < -0.39 is 0 Å². The lowest BCUT2D eigenvalue weighted by molar-refractivity contribution is 0.112. The highest BCUT2D eigenvalue weighted by atomic mass is 35.5. The van der Waals surface area contributed by atoms with E-state index in [-0.39, 0.29) is 18.5 Å². The van der Waals surface area contributed by atoms with Gasteiger partial charge >= 0.3 is 0 Å². The van der Waals surface area contributed by atoms with Gasteiger partial charge in [-0.15, -0.1) is 23.7 Å². The van der Waals surface area contributed by atoms with Crippen molar-refractivity contribution in [2.45, 2.75) is 13.0 Å². The van der Waals surface area contributed by atoms with Crippen LogP contribution >= 0.6 is 23.7 Å². The van der Waals surface area contributed by atoms with Gasteiger partial charge in [0.1, 0.15) is 6.10 Å². The number of anilines is 1. The zero-order valence-electron chi connectivity index (χ0n) is 12.8. The van der Waals surface area contributed by atoms with E-state index in [4.69, 9.17) is 0 Å². The van der Waals surface area contributed by atoms with Gasteiger partial charge in [-0.2, -0.15) is 0 Å². The molecule has 120 valence electrons. The van der Waals surface area contributed by atoms with E-state index in [2.05, 4.69) is 41.0 Å². The molecular weight excluding hydrogens is 316 g/mol. The fourth-order valence-electron chi connectivity index (χ4n) is 2.90. The predicted molar refractivity (Wildman–Crippen MR) is 96.4 cm³/mol. The minimum atomic E-state index is -0.352. The molecule has 1 atom stereocenters. The summed E-state index contributed by atoms with van der Waals surface area (Å²) in [5.74, 6) is 0. The summed E-state index contributed by atoms with van der Waals surface area (Å²) in [6.45, 7) is 6.99. The molecule has 0 radical (unpaired) electrons. The number of para-hydroxylation sites is 1. The highest BCUT2D eigenvalue weighted by molar-refractivity contribution is 7.10. The van der Waals surface area contributed by atoms with Crippen molar-refractivity contribution in [3.05, 3.63) is 52.2 Å². The third kappa shape index (κ3) is 4.02. The number of hydrogen-bond donors (Lipinski definition) is 1. The molecule has 1 aliphatic rings. The van der Waals surface area contributed by atoms with E-state index in [0.29, 0.717) is 0 Å². The van der Waals surface area contributed by atoms with Crippen LogP contribution in [0.2, 0.25) is 0 Å². The number of nitrogens with zero attached hydrogens (tertiary/aromatic N) is 2. The molecule has 1 aromatic carbocycles. The molecule has 0 saturated carbocycles. The molecule has 1 saturated heterocycles. The molecule has 1 unspecified atom stereocenters. The lowest BCUT2D eigenvalue weighted by atomic mass is 10.1. The van der Waals surface area contributed by atoms with E-state index >= 15 is 0 Å². The second-order valence-corrected chi connectivity index (χ2v) is 6.58. The third-order valence-corrected chi connectivity index (χ3v) is 5.10. The Morgan fingerprint density at radius 3 is 2.45 bits per heavy atom. The molecule has 1 fully saturated rings. The molecule has 0 aliphatic carbocycles. The van der Waals surface area contributed by atoms with Gasteiger partial charge in [0.25, 0.3) is 0 Å². The van der Waals surface area contributed by atoms with Gasteiger partial charge in [0.2, 0.25) is 0 Å². The number of thiophene rings is 1. The Morgan fingerprint density at radius 2 is 1.82 bits per heavy atom. The quantitative estimate of drug-likeness (QED) is 0.926. The summed E-state index contributed by atoms with van der Waals surface area (Å²) in [7, 11) is 0. The van der Waals surface area contributed by atoms with Crippen LogP contribution in [-0.4, -0.2) is 42.7 Å². The van der Waals surface area contributed by atoms with Crippen molar-refractivity contribution >= 4 is 29.4 Å². The van der Waals surface area contributed by atoms with Crippen molar-refractivity contribution in [2.75, 3.05) is 37.6 Å². The van der Waals surface area contributed by atoms with Crippen molar-refractivity contribution < 1.29 is 5.11 Å². The summed E-state index contributed by atoms with van der Waals surface area (Å²) in [5, 5.41) is 12.3. The molecule has 0 spiro atoms. The number of β-amino-alcohol motifs (C(OH)–C–C–N with tert-alkyl or cyclic N) is 1. The van der Waals surface area contributed by atoms with Crippen LogP contribution in [0.25, 0.3) is 0 Å². The Hall–Kier alpha value is -1.07. The zero-order valence-corrected chi connectivity index (χ0v) is 14.4. The predicted octanol–water partition coefficient (Wildman–Crippen LogP) is 3.33. The maximum absolute atomic E-state index is 10.2. The molecule has 1 aromatic heterocycles. The molecule has 2 aromatic rings. The van der Waals surface area contributed by atoms with Crippen LogP contribution in [0.4, 0.5) is 5.69 Å². The molecule has 0 bridgehead atoms. The smallest absolute Gasteiger partial charge is 0.101 e. The Balaban J connectivity index is 0.00000176. The summed E-state index contributed by atoms with van der Waals surface area (Å²) in [4.78, 5) is 5.87. The average Bonchev–Trinajstić information content (AvgIpc) is 3.03. The van der Waals surface area contributed by atoms with Crippen LogP contribution in [0.3, 0.4) is 0 Å². The summed E-state index contributed by atoms with van der Waals surface area (Å²) in [6.07, 6.45) is -0.352. The number of aliphatic hydroxyl groups excluding tert-OH is 1. The van der Waals surface area contributed by atoms with Crippen molar-refractivity contribution in [2.24, 2.45) is 0 Å². The second-order valence-electron chi connectivity index (χ2n) is 5.61. The Kier molecular flexibility index (Phi) is 6.26. The largest absolute Gasteiger partial charge is 0.386 e. The molecule has 5 heteroatoms. The number of halogens is 1. The summed E-state index contributed by atoms with van der Waals surface area (Å²) in [6, 6.07) is 12.6. The minimum Gasteiger partial charge on any atom is -0.386 e. The lowest BCUT2D eigenvalue weighted by Crippen LogP contribution is -2.47. The molecular formula is C17H23ClN2OS. The van der Waals surface area contributed by atoms with E-state index in [9.17, 15) is 5.11 Å². The normalized spacial score (nSPS) is 17.1. The summed E-state index contributed by atoms with van der Waals surface area (Å²) >= 11 is 1.63. The SMILES string of the molecule is Cc1ccccc1N1CCN(CC(O)c2cccs2)CC1.Cl. The third-order valence-electron chi connectivity index (χ3n) is 4.13. The molecule has 1 aliphatic heterocycles. The van der Waals surface area contributed by atoms with E-state index in [1.807, 2.05) is 17.5 Å². The van der Waals surface area contributed by atoms with Crippen LogP contribution in [0, 0.1) is 6.92 Å². The molecule has 3 rings (SSSR count). The van der Waals surface area contributed by atoms with Gasteiger partial charge < -0.3 is 10.0 Å². The Bertz CT molecular complexity index is 568. The van der Waals surface area contributed by atoms with Crippen LogP contribution < -0.4 is 4.90 Å². The lowest BCUT2D eigenvalue weighted by Gasteiger charge is -2.37. The highest BCUT2D eigenvalue weighted by Gasteiger charge is 2.21. The monoisotopic (exact) mass is 338 g/mol. The van der Waals surface area contributed by atoms with Gasteiger partial charge in [-0.05, 0) is 30.0 Å². The van der Waals surface area contributed by atoms with Crippen LogP contribution in [0.5, 0.6) is 0 Å². The molecule has 22 heavy (non-hydrogen) atoms. The van der Waals surface area contributed by atoms with Crippen molar-refractivity contribution in [3.63, 3.8) is 0 Å². The number of hydrogen-bond acceptors (Lipinski definition) is 4. The molecule has 3 nitrogen and oxygen atoms in total. The number of aryl methyl sites for hydroxylation is 1. The molecule has 0 amide bonds. The van der Waals surface area contributed by atoms with Gasteiger partial charge in [0.05, 0.1) is 0 Å². The van der Waals surface area contributed by atoms with Gasteiger partial charge in [0.15, 0.2) is 0 Å². The van der Waals surface area contributed by atoms with Crippen LogP contribution in [0.1, 0.15) is 16.5 Å². The first-order valence-electron chi connectivity index (χ1n) is 7.48.